The minimum atomic E-state index is -0.0555. The van der Waals surface area contributed by atoms with Gasteiger partial charge < -0.3 is 15.7 Å². The summed E-state index contributed by atoms with van der Waals surface area (Å²) in [6, 6.07) is 0. The van der Waals surface area contributed by atoms with Crippen molar-refractivity contribution in [2.75, 3.05) is 25.0 Å². The van der Waals surface area contributed by atoms with Crippen molar-refractivity contribution in [3.05, 3.63) is 29.2 Å². The minimum Gasteiger partial charge on any atom is -0.395 e. The second kappa shape index (κ2) is 7.01. The fourth-order valence-corrected chi connectivity index (χ4v) is 7.79. The average Bonchev–Trinajstić information content (AvgIpc) is 3.31. The first-order chi connectivity index (χ1) is 15.4. The van der Waals surface area contributed by atoms with Gasteiger partial charge in [0.15, 0.2) is 0 Å². The van der Waals surface area contributed by atoms with Crippen LogP contribution in [0.3, 0.4) is 0 Å². The quantitative estimate of drug-likeness (QED) is 0.616. The number of aryl methyl sites for hydroxylation is 2. The van der Waals surface area contributed by atoms with Crippen LogP contribution in [0.15, 0.2) is 12.4 Å². The Morgan fingerprint density at radius 3 is 2.97 bits per heavy atom. The van der Waals surface area contributed by atoms with Gasteiger partial charge in [-0.25, -0.2) is 9.67 Å². The van der Waals surface area contributed by atoms with Gasteiger partial charge in [-0.3, -0.25) is 4.79 Å². The Kier molecular flexibility index (Phi) is 4.41. The maximum Gasteiger partial charge on any atom is 0.254 e. The molecule has 0 saturated heterocycles. The lowest BCUT2D eigenvalue weighted by Gasteiger charge is -2.49. The number of aromatic nitrogens is 4. The van der Waals surface area contributed by atoms with Crippen molar-refractivity contribution in [1.29, 1.82) is 0 Å². The first kappa shape index (κ1) is 20.1. The molecule has 5 atom stereocenters. The van der Waals surface area contributed by atoms with Gasteiger partial charge in [0.05, 0.1) is 17.9 Å². The molecule has 170 valence electrons. The van der Waals surface area contributed by atoms with Gasteiger partial charge in [-0.1, -0.05) is 0 Å². The van der Waals surface area contributed by atoms with Gasteiger partial charge >= 0.3 is 0 Å². The van der Waals surface area contributed by atoms with Crippen molar-refractivity contribution in [3.8, 4) is 5.95 Å². The van der Waals surface area contributed by atoms with Gasteiger partial charge in [-0.2, -0.15) is 10.1 Å². The van der Waals surface area contributed by atoms with Crippen molar-refractivity contribution in [3.63, 3.8) is 0 Å². The van der Waals surface area contributed by atoms with Crippen LogP contribution in [0.1, 0.15) is 60.1 Å². The third-order valence-corrected chi connectivity index (χ3v) is 8.92. The molecule has 2 aromatic heterocycles. The molecule has 1 spiro atoms. The van der Waals surface area contributed by atoms with Gasteiger partial charge in [0.25, 0.3) is 11.9 Å². The van der Waals surface area contributed by atoms with Gasteiger partial charge in [0.2, 0.25) is 0 Å². The zero-order chi connectivity index (χ0) is 22.1. The molecule has 4 aliphatic carbocycles. The molecule has 0 aromatic carbocycles. The molecule has 2 aromatic rings. The SMILES string of the molecule is Cc1cnc(-n2cc(C(=O)NCC34CC5CC6CC(C3)C6(C5)C4)c(C)n2)nc1NCCO. The number of fused-ring (bicyclic) bond motifs is 2. The summed E-state index contributed by atoms with van der Waals surface area (Å²) in [4.78, 5) is 22.0. The fraction of sp³-hybridized carbons (Fsp3) is 0.667. The second-order valence-electron chi connectivity index (χ2n) is 10.9. The number of hydrogen-bond donors (Lipinski definition) is 3. The van der Waals surface area contributed by atoms with E-state index in [1.807, 2.05) is 13.8 Å². The summed E-state index contributed by atoms with van der Waals surface area (Å²) in [6.45, 7) is 4.98. The smallest absolute Gasteiger partial charge is 0.254 e. The van der Waals surface area contributed by atoms with E-state index in [2.05, 4.69) is 25.7 Å². The van der Waals surface area contributed by atoms with Crippen molar-refractivity contribution < 1.29 is 9.90 Å². The number of rotatable bonds is 7. The van der Waals surface area contributed by atoms with E-state index < -0.39 is 0 Å². The molecular weight excluding hydrogens is 404 g/mol. The predicted molar refractivity (Wildman–Crippen MR) is 120 cm³/mol. The van der Waals surface area contributed by atoms with Crippen LogP contribution in [0.4, 0.5) is 5.82 Å². The molecule has 1 amide bonds. The standard InChI is InChI=1S/C24H32N6O2/c1-14-10-26-22(28-20(14)25-3-4-31)30-11-19(15(2)29-30)21(32)27-13-23-7-16-5-17-6-18(9-23)24(17,8-16)12-23/h10-11,16-18,31H,3-9,12-13H2,1-2H3,(H,27,32)(H,25,26,28). The van der Waals surface area contributed by atoms with Crippen LogP contribution in [0.25, 0.3) is 5.95 Å². The molecule has 4 fully saturated rings. The molecule has 32 heavy (non-hydrogen) atoms. The summed E-state index contributed by atoms with van der Waals surface area (Å²) in [5.41, 5.74) is 3.08. The van der Waals surface area contributed by atoms with Crippen LogP contribution in [0.5, 0.6) is 0 Å². The number of anilines is 1. The molecule has 4 aliphatic rings. The van der Waals surface area contributed by atoms with E-state index in [0.717, 1.165) is 29.9 Å². The van der Waals surface area contributed by atoms with E-state index >= 15 is 0 Å². The Hall–Kier alpha value is -2.48. The first-order valence-electron chi connectivity index (χ1n) is 11.9. The minimum absolute atomic E-state index is 0.0226. The zero-order valence-corrected chi connectivity index (χ0v) is 18.9. The molecule has 3 bridgehead atoms. The normalized spacial score (nSPS) is 33.8. The zero-order valence-electron chi connectivity index (χ0n) is 18.9. The van der Waals surface area contributed by atoms with Crippen molar-refractivity contribution in [2.45, 2.75) is 52.4 Å². The van der Waals surface area contributed by atoms with E-state index in [-0.39, 0.29) is 12.5 Å². The Balaban J connectivity index is 1.17. The van der Waals surface area contributed by atoms with Crippen LogP contribution in [-0.4, -0.2) is 50.5 Å². The summed E-state index contributed by atoms with van der Waals surface area (Å²) in [6.07, 6.45) is 11.7. The van der Waals surface area contributed by atoms with Gasteiger partial charge in [0, 0.05) is 31.0 Å². The van der Waals surface area contributed by atoms with E-state index in [0.29, 0.717) is 40.4 Å². The van der Waals surface area contributed by atoms with E-state index in [4.69, 9.17) is 5.11 Å². The van der Waals surface area contributed by atoms with E-state index in [1.165, 1.54) is 38.5 Å². The summed E-state index contributed by atoms with van der Waals surface area (Å²) >= 11 is 0. The number of hydrogen-bond acceptors (Lipinski definition) is 6. The second-order valence-corrected chi connectivity index (χ2v) is 10.9. The molecule has 0 aliphatic heterocycles. The fourth-order valence-electron chi connectivity index (χ4n) is 7.79. The lowest BCUT2D eigenvalue weighted by atomic mass is 9.55. The average molecular weight is 437 g/mol. The topological polar surface area (TPSA) is 105 Å². The lowest BCUT2D eigenvalue weighted by molar-refractivity contribution is -0.00254. The van der Waals surface area contributed by atoms with Crippen LogP contribution in [0.2, 0.25) is 0 Å². The number of amides is 1. The number of carbonyl (C=O) groups is 1. The number of nitrogens with zero attached hydrogens (tertiary/aromatic N) is 4. The number of aliphatic hydroxyl groups is 1. The Morgan fingerprint density at radius 2 is 2.12 bits per heavy atom. The van der Waals surface area contributed by atoms with Crippen molar-refractivity contribution in [1.82, 2.24) is 25.1 Å². The van der Waals surface area contributed by atoms with Gasteiger partial charge in [-0.15, -0.1) is 0 Å². The third-order valence-electron chi connectivity index (χ3n) is 8.92. The predicted octanol–water partition coefficient (Wildman–Crippen LogP) is 2.63. The molecular formula is C24H32N6O2. The monoisotopic (exact) mass is 436 g/mol. The largest absolute Gasteiger partial charge is 0.395 e. The van der Waals surface area contributed by atoms with Crippen LogP contribution >= 0.6 is 0 Å². The van der Waals surface area contributed by atoms with E-state index in [9.17, 15) is 4.79 Å². The van der Waals surface area contributed by atoms with Gasteiger partial charge in [0.1, 0.15) is 5.82 Å². The molecule has 0 radical (unpaired) electrons. The molecule has 8 nitrogen and oxygen atoms in total. The van der Waals surface area contributed by atoms with E-state index in [1.54, 1.807) is 17.1 Å². The molecule has 8 heteroatoms. The summed E-state index contributed by atoms with van der Waals surface area (Å²) in [5, 5.41) is 19.9. The highest BCUT2D eigenvalue weighted by molar-refractivity contribution is 5.95. The van der Waals surface area contributed by atoms with Crippen LogP contribution in [-0.2, 0) is 0 Å². The number of aliphatic hydroxyl groups excluding tert-OH is 1. The highest BCUT2D eigenvalue weighted by Gasteiger charge is 2.70. The van der Waals surface area contributed by atoms with Crippen LogP contribution < -0.4 is 10.6 Å². The maximum atomic E-state index is 13.1. The highest BCUT2D eigenvalue weighted by Crippen LogP contribution is 2.78. The lowest BCUT2D eigenvalue weighted by Crippen LogP contribution is -2.43. The summed E-state index contributed by atoms with van der Waals surface area (Å²) in [5.74, 6) is 3.77. The molecule has 3 N–H and O–H groups in total. The molecule has 6 rings (SSSR count). The van der Waals surface area contributed by atoms with Crippen LogP contribution in [0, 0.1) is 42.4 Å². The number of carbonyl (C=O) groups excluding carboxylic acids is 1. The van der Waals surface area contributed by atoms with Gasteiger partial charge in [-0.05, 0) is 81.0 Å². The summed E-state index contributed by atoms with van der Waals surface area (Å²) < 4.78 is 1.56. The molecule has 5 unspecified atom stereocenters. The maximum absolute atomic E-state index is 13.1. The Bertz CT molecular complexity index is 1080. The van der Waals surface area contributed by atoms with Crippen molar-refractivity contribution >= 4 is 11.7 Å². The first-order valence-corrected chi connectivity index (χ1v) is 11.9. The molecule has 2 heterocycles. The Morgan fingerprint density at radius 1 is 1.25 bits per heavy atom. The molecule has 4 saturated carbocycles. The Labute approximate surface area is 188 Å². The number of nitrogens with one attached hydrogen (secondary N) is 2. The summed E-state index contributed by atoms with van der Waals surface area (Å²) in [7, 11) is 0. The van der Waals surface area contributed by atoms with Crippen molar-refractivity contribution in [2.24, 2.45) is 28.6 Å². The third kappa shape index (κ3) is 2.91. The highest BCUT2D eigenvalue weighted by atomic mass is 16.3.